The van der Waals surface area contributed by atoms with E-state index < -0.39 is 18.0 Å². The number of rotatable bonds is 8. The van der Waals surface area contributed by atoms with Crippen LogP contribution in [0, 0.1) is 6.07 Å². The number of nitrogens with zero attached hydrogens (tertiary/aromatic N) is 2. The normalized spacial score (nSPS) is 15.7. The van der Waals surface area contributed by atoms with Gasteiger partial charge in [0.15, 0.2) is 11.5 Å². The van der Waals surface area contributed by atoms with Gasteiger partial charge in [-0.2, -0.15) is 0 Å². The second-order valence-electron chi connectivity index (χ2n) is 7.66. The molecule has 0 saturated heterocycles. The number of carbonyl (C=O) groups is 2. The Morgan fingerprint density at radius 3 is 2.62 bits per heavy atom. The summed E-state index contributed by atoms with van der Waals surface area (Å²) in [5, 5.41) is 0.699. The number of nitrogens with two attached hydrogens (primary N) is 1. The number of hydrogen-bond acceptors (Lipinski definition) is 5. The summed E-state index contributed by atoms with van der Waals surface area (Å²) in [4.78, 5) is 31.7. The van der Waals surface area contributed by atoms with Crippen LogP contribution in [0.5, 0.6) is 11.5 Å². The van der Waals surface area contributed by atoms with Gasteiger partial charge in [-0.05, 0) is 41.8 Å². The molecule has 0 spiro atoms. The van der Waals surface area contributed by atoms with E-state index in [1.807, 2.05) is 13.0 Å². The van der Waals surface area contributed by atoms with Gasteiger partial charge in [-0.25, -0.2) is 0 Å². The van der Waals surface area contributed by atoms with Crippen molar-refractivity contribution in [2.45, 2.75) is 25.4 Å². The topological polar surface area (TPSA) is 94.8 Å². The Hall–Kier alpha value is -3.29. The Labute approximate surface area is 207 Å². The van der Waals surface area contributed by atoms with E-state index in [-0.39, 0.29) is 12.3 Å². The third-order valence-corrected chi connectivity index (χ3v) is 6.39. The number of fused-ring (bicyclic) bond motifs is 1. The van der Waals surface area contributed by atoms with Crippen LogP contribution >= 0.6 is 23.2 Å². The number of hydrogen-bond donors (Lipinski definition) is 1. The van der Waals surface area contributed by atoms with Gasteiger partial charge in [0.05, 0.1) is 35.4 Å². The Bertz CT molecular complexity index is 1230. The third kappa shape index (κ3) is 4.29. The van der Waals surface area contributed by atoms with Crippen molar-refractivity contribution < 1.29 is 19.1 Å². The number of halogens is 2. The summed E-state index contributed by atoms with van der Waals surface area (Å²) in [6, 6.07) is 11.7. The number of pyridine rings is 1. The van der Waals surface area contributed by atoms with Crippen molar-refractivity contribution in [1.82, 2.24) is 9.88 Å². The number of aromatic nitrogens is 1. The second-order valence-corrected chi connectivity index (χ2v) is 8.48. The average Bonchev–Trinajstić information content (AvgIpc) is 3.12. The largest absolute Gasteiger partial charge is 0.493 e. The van der Waals surface area contributed by atoms with Crippen molar-refractivity contribution >= 4 is 35.0 Å². The van der Waals surface area contributed by atoms with Crippen LogP contribution in [0.15, 0.2) is 48.8 Å². The molecule has 7 nitrogen and oxygen atoms in total. The van der Waals surface area contributed by atoms with Gasteiger partial charge in [0.1, 0.15) is 6.04 Å². The fourth-order valence-electron chi connectivity index (χ4n) is 4.24. The van der Waals surface area contributed by atoms with E-state index in [9.17, 15) is 9.59 Å². The molecule has 0 saturated carbocycles. The Morgan fingerprint density at radius 2 is 1.97 bits per heavy atom. The van der Waals surface area contributed by atoms with Crippen LogP contribution in [0.3, 0.4) is 0 Å². The van der Waals surface area contributed by atoms with Gasteiger partial charge in [0.25, 0.3) is 5.91 Å². The third-order valence-electron chi connectivity index (χ3n) is 5.74. The zero-order chi connectivity index (χ0) is 24.4. The van der Waals surface area contributed by atoms with Gasteiger partial charge in [0, 0.05) is 18.8 Å². The van der Waals surface area contributed by atoms with E-state index in [1.165, 1.54) is 17.3 Å². The van der Waals surface area contributed by atoms with Crippen molar-refractivity contribution in [3.8, 4) is 11.5 Å². The Morgan fingerprint density at radius 1 is 1.24 bits per heavy atom. The molecule has 1 aliphatic heterocycles. The van der Waals surface area contributed by atoms with Crippen molar-refractivity contribution in [3.05, 3.63) is 87.2 Å². The molecule has 2 amide bonds. The minimum atomic E-state index is -0.984. The van der Waals surface area contributed by atoms with Crippen LogP contribution in [-0.4, -0.2) is 35.4 Å². The number of amides is 2. The first-order valence-electron chi connectivity index (χ1n) is 10.6. The van der Waals surface area contributed by atoms with Gasteiger partial charge >= 0.3 is 0 Å². The summed E-state index contributed by atoms with van der Waals surface area (Å²) in [6.07, 6.45) is 3.18. The lowest BCUT2D eigenvalue weighted by Crippen LogP contribution is -2.39. The van der Waals surface area contributed by atoms with Crippen molar-refractivity contribution in [2.24, 2.45) is 5.73 Å². The molecule has 1 aliphatic rings. The molecule has 3 aromatic rings. The lowest BCUT2D eigenvalue weighted by atomic mass is 9.95. The minimum Gasteiger partial charge on any atom is -0.493 e. The number of carbonyl (C=O) groups excluding carboxylic acids is 2. The zero-order valence-electron chi connectivity index (χ0n) is 18.5. The van der Waals surface area contributed by atoms with Crippen LogP contribution in [-0.2, 0) is 11.2 Å². The van der Waals surface area contributed by atoms with Gasteiger partial charge < -0.3 is 20.1 Å². The molecule has 34 heavy (non-hydrogen) atoms. The Balaban J connectivity index is 1.89. The number of methoxy groups -OCH3 is 1. The van der Waals surface area contributed by atoms with Crippen LogP contribution in [0.1, 0.15) is 46.1 Å². The summed E-state index contributed by atoms with van der Waals surface area (Å²) >= 11 is 12.9. The predicted octanol–water partition coefficient (Wildman–Crippen LogP) is 4.56. The second kappa shape index (κ2) is 9.91. The predicted molar refractivity (Wildman–Crippen MR) is 128 cm³/mol. The molecule has 0 aliphatic carbocycles. The van der Waals surface area contributed by atoms with E-state index in [2.05, 4.69) is 11.1 Å². The first kappa shape index (κ1) is 23.9. The molecule has 1 aromatic heterocycles. The molecule has 2 heterocycles. The highest BCUT2D eigenvalue weighted by Gasteiger charge is 2.44. The molecule has 9 heteroatoms. The highest BCUT2D eigenvalue weighted by atomic mass is 35.5. The van der Waals surface area contributed by atoms with Gasteiger partial charge in [-0.15, -0.1) is 0 Å². The molecule has 2 unspecified atom stereocenters. The molecule has 0 bridgehead atoms. The molecular weight excluding hydrogens is 477 g/mol. The fraction of sp³-hybridized carbons (Fsp3) is 0.240. The SMILES string of the molecule is CCOc1cc(C(Cc2c(Cl)cncc2Cl)N2C(=O)c3[c]cccc3C2C(N)=O)ccc1OC. The number of benzene rings is 2. The molecule has 1 radical (unpaired) electrons. The summed E-state index contributed by atoms with van der Waals surface area (Å²) in [5.74, 6) is 0.0348. The highest BCUT2D eigenvalue weighted by molar-refractivity contribution is 6.35. The maximum absolute atomic E-state index is 13.6. The summed E-state index contributed by atoms with van der Waals surface area (Å²) in [6.45, 7) is 2.28. The number of primary amides is 1. The highest BCUT2D eigenvalue weighted by Crippen LogP contribution is 2.43. The van der Waals surface area contributed by atoms with E-state index in [0.29, 0.717) is 50.4 Å². The van der Waals surface area contributed by atoms with Crippen LogP contribution in [0.4, 0.5) is 0 Å². The smallest absolute Gasteiger partial charge is 0.256 e. The monoisotopic (exact) mass is 498 g/mol. The average molecular weight is 499 g/mol. The van der Waals surface area contributed by atoms with Gasteiger partial charge in [0.2, 0.25) is 5.91 Å². The van der Waals surface area contributed by atoms with E-state index >= 15 is 0 Å². The van der Waals surface area contributed by atoms with Crippen LogP contribution < -0.4 is 15.2 Å². The first-order valence-corrected chi connectivity index (χ1v) is 11.3. The molecule has 2 N–H and O–H groups in total. The summed E-state index contributed by atoms with van der Waals surface area (Å²) < 4.78 is 11.2. The van der Waals surface area contributed by atoms with Gasteiger partial charge in [-0.1, -0.05) is 47.5 Å². The van der Waals surface area contributed by atoms with E-state index in [1.54, 1.807) is 37.4 Å². The van der Waals surface area contributed by atoms with Crippen molar-refractivity contribution in [3.63, 3.8) is 0 Å². The molecule has 4 rings (SSSR count). The van der Waals surface area contributed by atoms with Crippen LogP contribution in [0.2, 0.25) is 10.0 Å². The maximum atomic E-state index is 13.6. The summed E-state index contributed by atoms with van der Waals surface area (Å²) in [5.41, 5.74) is 7.91. The molecule has 175 valence electrons. The van der Waals surface area contributed by atoms with E-state index in [4.69, 9.17) is 38.4 Å². The van der Waals surface area contributed by atoms with Gasteiger partial charge in [-0.3, -0.25) is 14.6 Å². The van der Waals surface area contributed by atoms with Crippen molar-refractivity contribution in [2.75, 3.05) is 13.7 Å². The fourth-order valence-corrected chi connectivity index (χ4v) is 4.76. The standard InChI is InChI=1S/C25H22Cl2N3O4/c1-3-34-22-10-14(8-9-21(22)33-2)20(11-17-18(26)12-29-13-19(17)27)30-23(24(28)31)15-6-4-5-7-16(15)25(30)32/h4-6,8-10,12-13,20,23H,3,11H2,1-2H3,(H2,28,31). The molecule has 0 fully saturated rings. The first-order chi connectivity index (χ1) is 16.4. The lowest BCUT2D eigenvalue weighted by Gasteiger charge is -2.33. The molecular formula is C25H22Cl2N3O4. The van der Waals surface area contributed by atoms with Crippen molar-refractivity contribution in [1.29, 1.82) is 0 Å². The minimum absolute atomic E-state index is 0.210. The quantitative estimate of drug-likeness (QED) is 0.491. The number of ether oxygens (including phenoxy) is 2. The van der Waals surface area contributed by atoms with Crippen LogP contribution in [0.25, 0.3) is 0 Å². The summed E-state index contributed by atoms with van der Waals surface area (Å²) in [7, 11) is 1.55. The lowest BCUT2D eigenvalue weighted by molar-refractivity contribution is -0.123. The zero-order valence-corrected chi connectivity index (χ0v) is 20.1. The Kier molecular flexibility index (Phi) is 6.95. The van der Waals surface area contributed by atoms with E-state index in [0.717, 1.165) is 0 Å². The molecule has 2 aromatic carbocycles. The molecule has 2 atom stereocenters. The maximum Gasteiger partial charge on any atom is 0.256 e.